The molecule has 0 saturated heterocycles. The number of benzene rings is 1. The van der Waals surface area contributed by atoms with Gasteiger partial charge in [-0.2, -0.15) is 0 Å². The molecule has 1 aromatic heterocycles. The van der Waals surface area contributed by atoms with Crippen LogP contribution in [0.5, 0.6) is 0 Å². The Kier molecular flexibility index (Phi) is 11.5. The maximum absolute atomic E-state index is 5.35. The maximum Gasteiger partial charge on any atom is 0.193 e. The minimum atomic E-state index is 0. The van der Waals surface area contributed by atoms with E-state index in [1.165, 1.54) is 0 Å². The number of para-hydroxylation sites is 1. The van der Waals surface area contributed by atoms with E-state index < -0.39 is 0 Å². The molecule has 2 unspecified atom stereocenters. The fourth-order valence-corrected chi connectivity index (χ4v) is 3.63. The average Bonchev–Trinajstić information content (AvgIpc) is 3.16. The number of aromatic nitrogens is 1. The molecule has 0 radical (unpaired) electrons. The van der Waals surface area contributed by atoms with Gasteiger partial charge in [-0.05, 0) is 25.0 Å². The second-order valence-corrected chi connectivity index (χ2v) is 8.09. The largest absolute Gasteiger partial charge is 0.380 e. The van der Waals surface area contributed by atoms with Gasteiger partial charge in [0.2, 0.25) is 0 Å². The van der Waals surface area contributed by atoms with Crippen LogP contribution in [0, 0.1) is 5.92 Å². The number of hydrogen-bond acceptors (Lipinski definition) is 5. The van der Waals surface area contributed by atoms with E-state index in [9.17, 15) is 0 Å². The number of guanidine groups is 1. The molecule has 0 spiro atoms. The van der Waals surface area contributed by atoms with Gasteiger partial charge >= 0.3 is 0 Å². The van der Waals surface area contributed by atoms with Crippen molar-refractivity contribution in [3.05, 3.63) is 46.4 Å². The molecule has 0 aliphatic carbocycles. The number of nitrogens with one attached hydrogen (secondary N) is 2. The molecule has 0 amide bonds. The molecule has 2 aromatic rings. The van der Waals surface area contributed by atoms with Crippen LogP contribution in [0.3, 0.4) is 0 Å². The van der Waals surface area contributed by atoms with Crippen molar-refractivity contribution in [2.45, 2.75) is 39.5 Å². The summed E-state index contributed by atoms with van der Waals surface area (Å²) >= 11 is 1.63. The first-order valence-corrected chi connectivity index (χ1v) is 10.5. The monoisotopic (exact) mass is 531 g/mol. The zero-order valence-electron chi connectivity index (χ0n) is 18.2. The molecule has 0 fully saturated rings. The predicted molar refractivity (Wildman–Crippen MR) is 134 cm³/mol. The Balaban J connectivity index is 0.00000420. The number of halogens is 1. The van der Waals surface area contributed by atoms with Crippen molar-refractivity contribution in [2.24, 2.45) is 10.9 Å². The topological polar surface area (TPSA) is 61.8 Å². The Morgan fingerprint density at radius 1 is 1.24 bits per heavy atom. The quantitative estimate of drug-likeness (QED) is 0.281. The van der Waals surface area contributed by atoms with E-state index in [1.807, 2.05) is 39.2 Å². The highest BCUT2D eigenvalue weighted by Crippen LogP contribution is 2.21. The Labute approximate surface area is 196 Å². The van der Waals surface area contributed by atoms with Crippen LogP contribution in [0.25, 0.3) is 0 Å². The van der Waals surface area contributed by atoms with Gasteiger partial charge in [-0.1, -0.05) is 32.0 Å². The first-order valence-electron chi connectivity index (χ1n) is 9.65. The third kappa shape index (κ3) is 8.10. The van der Waals surface area contributed by atoms with Gasteiger partial charge in [0.15, 0.2) is 5.96 Å². The van der Waals surface area contributed by atoms with E-state index in [1.54, 1.807) is 18.4 Å². The zero-order valence-corrected chi connectivity index (χ0v) is 21.3. The molecule has 2 N–H and O–H groups in total. The number of rotatable bonds is 9. The van der Waals surface area contributed by atoms with E-state index in [0.29, 0.717) is 18.5 Å². The maximum atomic E-state index is 5.35. The predicted octanol–water partition coefficient (Wildman–Crippen LogP) is 4.61. The number of anilines is 1. The molecule has 8 heteroatoms. The van der Waals surface area contributed by atoms with Gasteiger partial charge in [-0.3, -0.25) is 4.99 Å². The molecular weight excluding hydrogens is 497 g/mol. The second kappa shape index (κ2) is 13.0. The minimum Gasteiger partial charge on any atom is -0.380 e. The van der Waals surface area contributed by atoms with Crippen LogP contribution in [0.2, 0.25) is 0 Å². The lowest BCUT2D eigenvalue weighted by molar-refractivity contribution is 0.119. The van der Waals surface area contributed by atoms with Crippen LogP contribution >= 0.6 is 35.3 Å². The summed E-state index contributed by atoms with van der Waals surface area (Å²) in [4.78, 5) is 11.2. The highest BCUT2D eigenvalue weighted by Gasteiger charge is 2.16. The van der Waals surface area contributed by atoms with Crippen molar-refractivity contribution in [1.29, 1.82) is 0 Å². The number of aliphatic imine (C=N–C) groups is 1. The lowest BCUT2D eigenvalue weighted by atomic mass is 10.0. The minimum absolute atomic E-state index is 0. The molecule has 1 aromatic carbocycles. The lowest BCUT2D eigenvalue weighted by Gasteiger charge is -2.27. The third-order valence-electron chi connectivity index (χ3n) is 4.65. The van der Waals surface area contributed by atoms with Crippen LogP contribution in [0.1, 0.15) is 37.6 Å². The molecule has 29 heavy (non-hydrogen) atoms. The first kappa shape index (κ1) is 25.6. The van der Waals surface area contributed by atoms with Gasteiger partial charge in [0.25, 0.3) is 0 Å². The molecule has 0 bridgehead atoms. The average molecular weight is 532 g/mol. The summed E-state index contributed by atoms with van der Waals surface area (Å²) in [7, 11) is 5.55. The van der Waals surface area contributed by atoms with Crippen LogP contribution < -0.4 is 10.6 Å². The van der Waals surface area contributed by atoms with Gasteiger partial charge in [0.05, 0.1) is 12.2 Å². The van der Waals surface area contributed by atoms with Crippen molar-refractivity contribution >= 4 is 47.0 Å². The zero-order chi connectivity index (χ0) is 20.5. The molecule has 6 nitrogen and oxygen atoms in total. The van der Waals surface area contributed by atoms with Gasteiger partial charge in [0, 0.05) is 44.9 Å². The van der Waals surface area contributed by atoms with Gasteiger partial charge in [-0.25, -0.2) is 4.98 Å². The number of hydrogen-bond donors (Lipinski definition) is 2. The summed E-state index contributed by atoms with van der Waals surface area (Å²) in [5, 5.41) is 10.2. The molecule has 2 atom stereocenters. The number of methoxy groups -OCH3 is 1. The van der Waals surface area contributed by atoms with Crippen molar-refractivity contribution in [2.75, 3.05) is 33.1 Å². The Morgan fingerprint density at radius 3 is 2.52 bits per heavy atom. The number of thiazole rings is 1. The highest BCUT2D eigenvalue weighted by atomic mass is 127. The summed E-state index contributed by atoms with van der Waals surface area (Å²) in [6.07, 6.45) is 0.0253. The van der Waals surface area contributed by atoms with E-state index >= 15 is 0 Å². The first-order chi connectivity index (χ1) is 13.4. The standard InChI is InChI=1S/C21H33N5OS.HI/c1-15(2)19(24-17-10-8-7-9-11-17)12-23-21(22-4)26(5)13-18-14-28-20(25-18)16(3)27-6;/h7-11,14-16,19,24H,12-13H2,1-6H3,(H,22,23);1H. The van der Waals surface area contributed by atoms with E-state index in [-0.39, 0.29) is 30.1 Å². The Morgan fingerprint density at radius 2 is 1.93 bits per heavy atom. The summed E-state index contributed by atoms with van der Waals surface area (Å²) in [5.74, 6) is 1.34. The van der Waals surface area contributed by atoms with E-state index in [0.717, 1.165) is 28.9 Å². The highest BCUT2D eigenvalue weighted by molar-refractivity contribution is 14.0. The second-order valence-electron chi connectivity index (χ2n) is 7.20. The summed E-state index contributed by atoms with van der Waals surface area (Å²) in [6, 6.07) is 10.6. The van der Waals surface area contributed by atoms with Crippen molar-refractivity contribution in [3.63, 3.8) is 0 Å². The smallest absolute Gasteiger partial charge is 0.193 e. The van der Waals surface area contributed by atoms with Crippen molar-refractivity contribution < 1.29 is 4.74 Å². The van der Waals surface area contributed by atoms with Crippen LogP contribution in [-0.2, 0) is 11.3 Å². The van der Waals surface area contributed by atoms with E-state index in [2.05, 4.69) is 56.9 Å². The fourth-order valence-electron chi connectivity index (χ4n) is 2.79. The van der Waals surface area contributed by atoms with Crippen LogP contribution in [0.15, 0.2) is 40.7 Å². The third-order valence-corrected chi connectivity index (χ3v) is 5.71. The lowest BCUT2D eigenvalue weighted by Crippen LogP contribution is -2.45. The Bertz CT molecular complexity index is 738. The molecule has 0 aliphatic rings. The molecule has 162 valence electrons. The van der Waals surface area contributed by atoms with Crippen LogP contribution in [-0.4, -0.2) is 49.6 Å². The molecular formula is C21H34IN5OS. The summed E-state index contributed by atoms with van der Waals surface area (Å²) < 4.78 is 5.35. The summed E-state index contributed by atoms with van der Waals surface area (Å²) in [6.45, 7) is 7.95. The number of ether oxygens (including phenoxy) is 1. The molecule has 1 heterocycles. The summed E-state index contributed by atoms with van der Waals surface area (Å²) in [5.41, 5.74) is 2.16. The van der Waals surface area contributed by atoms with Crippen molar-refractivity contribution in [1.82, 2.24) is 15.2 Å². The van der Waals surface area contributed by atoms with Crippen molar-refractivity contribution in [3.8, 4) is 0 Å². The van der Waals surface area contributed by atoms with E-state index in [4.69, 9.17) is 4.74 Å². The fraction of sp³-hybridized carbons (Fsp3) is 0.524. The normalized spacial score (nSPS) is 13.6. The SMILES string of the molecule is CN=C(NCC(Nc1ccccc1)C(C)C)N(C)Cc1csc(C(C)OC)n1.I. The molecule has 0 saturated carbocycles. The van der Waals surface area contributed by atoms with Gasteiger partial charge in [-0.15, -0.1) is 35.3 Å². The number of nitrogens with zero attached hydrogens (tertiary/aromatic N) is 3. The Hall–Kier alpha value is -1.39. The molecule has 2 rings (SSSR count). The van der Waals surface area contributed by atoms with Crippen LogP contribution in [0.4, 0.5) is 5.69 Å². The van der Waals surface area contributed by atoms with Gasteiger partial charge in [0.1, 0.15) is 11.1 Å². The molecule has 0 aliphatic heterocycles. The van der Waals surface area contributed by atoms with Gasteiger partial charge < -0.3 is 20.3 Å².